The second-order valence-electron chi connectivity index (χ2n) is 5.79. The Balaban J connectivity index is 2.44. The van der Waals surface area contributed by atoms with Crippen molar-refractivity contribution in [2.45, 2.75) is 57.5 Å². The first-order valence-electron chi connectivity index (χ1n) is 7.54. The average Bonchev–Trinajstić information content (AvgIpc) is 2.52. The summed E-state index contributed by atoms with van der Waals surface area (Å²) in [6.07, 6.45) is 7.72. The van der Waals surface area contributed by atoms with Gasteiger partial charge in [0.15, 0.2) is 0 Å². The third-order valence-electron chi connectivity index (χ3n) is 4.16. The molecule has 1 aliphatic heterocycles. The molecule has 0 aliphatic carbocycles. The van der Waals surface area contributed by atoms with E-state index in [1.807, 2.05) is 0 Å². The molecular formula is C14H32N4. The third-order valence-corrected chi connectivity index (χ3v) is 4.16. The van der Waals surface area contributed by atoms with E-state index in [2.05, 4.69) is 36.2 Å². The third kappa shape index (κ3) is 5.22. The molecule has 0 radical (unpaired) electrons. The number of nitrogens with two attached hydrogens (primary N) is 1. The van der Waals surface area contributed by atoms with Crippen LogP contribution in [-0.2, 0) is 0 Å². The molecule has 1 saturated heterocycles. The summed E-state index contributed by atoms with van der Waals surface area (Å²) in [6.45, 7) is 5.77. The molecule has 108 valence electrons. The molecule has 2 unspecified atom stereocenters. The number of likely N-dealkylation sites (N-methyl/N-ethyl adjacent to an activating group) is 2. The van der Waals surface area contributed by atoms with Crippen molar-refractivity contribution in [3.63, 3.8) is 0 Å². The highest BCUT2D eigenvalue weighted by Gasteiger charge is 2.27. The number of nitrogens with zero attached hydrogens (tertiary/aromatic N) is 2. The monoisotopic (exact) mass is 256 g/mol. The molecule has 1 fully saturated rings. The first-order chi connectivity index (χ1) is 8.69. The molecule has 0 saturated carbocycles. The largest absolute Gasteiger partial charge is 0.305 e. The van der Waals surface area contributed by atoms with E-state index in [-0.39, 0.29) is 0 Å². The Labute approximate surface area is 113 Å². The minimum Gasteiger partial charge on any atom is -0.305 e. The zero-order chi connectivity index (χ0) is 13.4. The fourth-order valence-electron chi connectivity index (χ4n) is 2.92. The Bertz CT molecular complexity index is 210. The highest BCUT2D eigenvalue weighted by atomic mass is 15.3. The van der Waals surface area contributed by atoms with Crippen molar-refractivity contribution in [3.05, 3.63) is 0 Å². The molecule has 0 aromatic heterocycles. The van der Waals surface area contributed by atoms with Gasteiger partial charge < -0.3 is 9.80 Å². The minimum absolute atomic E-state index is 0.424. The average molecular weight is 256 g/mol. The van der Waals surface area contributed by atoms with Crippen LogP contribution >= 0.6 is 0 Å². The molecule has 0 aromatic rings. The number of hydrazine groups is 1. The second kappa shape index (κ2) is 8.86. The molecule has 4 heteroatoms. The van der Waals surface area contributed by atoms with Crippen LogP contribution in [0.3, 0.4) is 0 Å². The number of hydrogen-bond donors (Lipinski definition) is 2. The number of unbranched alkanes of at least 4 members (excludes halogenated alkanes) is 3. The summed E-state index contributed by atoms with van der Waals surface area (Å²) >= 11 is 0. The van der Waals surface area contributed by atoms with Crippen LogP contribution in [0.15, 0.2) is 0 Å². The molecule has 1 aliphatic rings. The quantitative estimate of drug-likeness (QED) is 0.411. The van der Waals surface area contributed by atoms with Gasteiger partial charge in [0.25, 0.3) is 0 Å². The summed E-state index contributed by atoms with van der Waals surface area (Å²) in [5, 5.41) is 0. The van der Waals surface area contributed by atoms with Crippen molar-refractivity contribution in [2.24, 2.45) is 5.84 Å². The number of rotatable bonds is 7. The van der Waals surface area contributed by atoms with E-state index in [9.17, 15) is 0 Å². The van der Waals surface area contributed by atoms with E-state index in [4.69, 9.17) is 5.84 Å². The van der Waals surface area contributed by atoms with E-state index < -0.39 is 0 Å². The molecule has 3 N–H and O–H groups in total. The number of hydrogen-bond acceptors (Lipinski definition) is 4. The molecule has 1 heterocycles. The van der Waals surface area contributed by atoms with Crippen molar-refractivity contribution in [3.8, 4) is 0 Å². The van der Waals surface area contributed by atoms with Crippen molar-refractivity contribution in [2.75, 3.05) is 33.7 Å². The summed E-state index contributed by atoms with van der Waals surface area (Å²) in [6, 6.07) is 0.969. The maximum Gasteiger partial charge on any atom is 0.0386 e. The molecule has 0 aromatic carbocycles. The van der Waals surface area contributed by atoms with Crippen LogP contribution in [0, 0.1) is 0 Å². The fourth-order valence-corrected chi connectivity index (χ4v) is 2.92. The van der Waals surface area contributed by atoms with Gasteiger partial charge in [-0.05, 0) is 40.0 Å². The Hall–Kier alpha value is -0.160. The van der Waals surface area contributed by atoms with E-state index in [0.717, 1.165) is 6.54 Å². The zero-order valence-corrected chi connectivity index (χ0v) is 12.5. The molecule has 4 nitrogen and oxygen atoms in total. The van der Waals surface area contributed by atoms with Crippen LogP contribution in [-0.4, -0.2) is 55.6 Å². The summed E-state index contributed by atoms with van der Waals surface area (Å²) in [5.74, 6) is 5.78. The van der Waals surface area contributed by atoms with Gasteiger partial charge in [-0.1, -0.05) is 32.6 Å². The van der Waals surface area contributed by atoms with Crippen molar-refractivity contribution < 1.29 is 0 Å². The first kappa shape index (κ1) is 15.9. The molecule has 0 bridgehead atoms. The summed E-state index contributed by atoms with van der Waals surface area (Å²) in [7, 11) is 4.46. The normalized spacial score (nSPS) is 25.0. The molecule has 2 atom stereocenters. The van der Waals surface area contributed by atoms with Gasteiger partial charge in [0.05, 0.1) is 0 Å². The van der Waals surface area contributed by atoms with E-state index in [1.165, 1.54) is 51.6 Å². The lowest BCUT2D eigenvalue weighted by molar-refractivity contribution is 0.171. The molecule has 1 rings (SSSR count). The van der Waals surface area contributed by atoms with Crippen LogP contribution in [0.2, 0.25) is 0 Å². The zero-order valence-electron chi connectivity index (χ0n) is 12.5. The molecular weight excluding hydrogens is 224 g/mol. The van der Waals surface area contributed by atoms with Crippen LogP contribution < -0.4 is 11.3 Å². The fraction of sp³-hybridized carbons (Fsp3) is 1.00. The van der Waals surface area contributed by atoms with E-state index >= 15 is 0 Å². The Morgan fingerprint density at radius 1 is 1.22 bits per heavy atom. The van der Waals surface area contributed by atoms with Crippen LogP contribution in [0.1, 0.15) is 45.4 Å². The van der Waals surface area contributed by atoms with Gasteiger partial charge in [-0.15, -0.1) is 0 Å². The highest BCUT2D eigenvalue weighted by Crippen LogP contribution is 2.15. The van der Waals surface area contributed by atoms with Gasteiger partial charge in [0.2, 0.25) is 0 Å². The van der Waals surface area contributed by atoms with Crippen LogP contribution in [0.4, 0.5) is 0 Å². The van der Waals surface area contributed by atoms with Crippen LogP contribution in [0.25, 0.3) is 0 Å². The Morgan fingerprint density at radius 2 is 2.00 bits per heavy atom. The molecule has 0 spiro atoms. The Kier molecular flexibility index (Phi) is 7.82. The second-order valence-corrected chi connectivity index (χ2v) is 5.79. The minimum atomic E-state index is 0.424. The van der Waals surface area contributed by atoms with Gasteiger partial charge in [-0.2, -0.15) is 0 Å². The van der Waals surface area contributed by atoms with E-state index in [1.54, 1.807) is 0 Å². The van der Waals surface area contributed by atoms with Gasteiger partial charge >= 0.3 is 0 Å². The molecule has 18 heavy (non-hydrogen) atoms. The lowest BCUT2D eigenvalue weighted by atomic mass is 10.00. The SMILES string of the molecule is CCCCCCC(NN)C1CN(C)CCCN1C. The van der Waals surface area contributed by atoms with E-state index in [0.29, 0.717) is 12.1 Å². The van der Waals surface area contributed by atoms with Gasteiger partial charge in [-0.3, -0.25) is 11.3 Å². The lowest BCUT2D eigenvalue weighted by Gasteiger charge is -2.34. The predicted octanol–water partition coefficient (Wildman–Crippen LogP) is 1.42. The van der Waals surface area contributed by atoms with Crippen molar-refractivity contribution in [1.82, 2.24) is 15.2 Å². The maximum absolute atomic E-state index is 5.78. The topological polar surface area (TPSA) is 44.5 Å². The van der Waals surface area contributed by atoms with Crippen molar-refractivity contribution in [1.29, 1.82) is 0 Å². The summed E-state index contributed by atoms with van der Waals surface area (Å²) in [5.41, 5.74) is 3.06. The first-order valence-corrected chi connectivity index (χ1v) is 7.54. The maximum atomic E-state index is 5.78. The predicted molar refractivity (Wildman–Crippen MR) is 78.4 cm³/mol. The summed E-state index contributed by atoms with van der Waals surface area (Å²) < 4.78 is 0. The Morgan fingerprint density at radius 3 is 2.67 bits per heavy atom. The number of nitrogens with one attached hydrogen (secondary N) is 1. The lowest BCUT2D eigenvalue weighted by Crippen LogP contribution is -2.54. The molecule has 0 amide bonds. The van der Waals surface area contributed by atoms with Gasteiger partial charge in [0, 0.05) is 18.6 Å². The van der Waals surface area contributed by atoms with Crippen molar-refractivity contribution >= 4 is 0 Å². The smallest absolute Gasteiger partial charge is 0.0386 e. The van der Waals surface area contributed by atoms with Gasteiger partial charge in [-0.25, -0.2) is 0 Å². The standard InChI is InChI=1S/C14H32N4/c1-4-5-6-7-9-13(16-15)14-12-17(2)10-8-11-18(14)3/h13-14,16H,4-12,15H2,1-3H3. The summed E-state index contributed by atoms with van der Waals surface area (Å²) in [4.78, 5) is 4.92. The van der Waals surface area contributed by atoms with Crippen LogP contribution in [0.5, 0.6) is 0 Å². The highest BCUT2D eigenvalue weighted by molar-refractivity contribution is 4.86. The van der Waals surface area contributed by atoms with Gasteiger partial charge in [0.1, 0.15) is 0 Å².